The van der Waals surface area contributed by atoms with E-state index in [9.17, 15) is 9.59 Å². The molecule has 2 aromatic carbocycles. The molecule has 3 aromatic rings. The van der Waals surface area contributed by atoms with Crippen molar-refractivity contribution in [2.24, 2.45) is 0 Å². The summed E-state index contributed by atoms with van der Waals surface area (Å²) in [6.07, 6.45) is 0.877. The minimum atomic E-state index is -0.0333. The monoisotopic (exact) mass is 352 g/mol. The number of aromatic nitrogens is 1. The van der Waals surface area contributed by atoms with Crippen LogP contribution in [0.25, 0.3) is 10.9 Å². The predicted octanol–water partition coefficient (Wildman–Crippen LogP) is 3.96. The molecule has 0 saturated carbocycles. The second kappa shape index (κ2) is 8.03. The zero-order valence-electron chi connectivity index (χ0n) is 14.0. The minimum Gasteiger partial charge on any atom is -0.357 e. The summed E-state index contributed by atoms with van der Waals surface area (Å²) < 4.78 is 0. The normalized spacial score (nSPS) is 10.8. The van der Waals surface area contributed by atoms with Crippen molar-refractivity contribution in [3.63, 3.8) is 0 Å². The smallest absolute Gasteiger partial charge is 0.234 e. The molecule has 25 heavy (non-hydrogen) atoms. The van der Waals surface area contributed by atoms with E-state index >= 15 is 0 Å². The number of rotatable bonds is 6. The largest absolute Gasteiger partial charge is 0.357 e. The number of carbonyl (C=O) groups is 1. The third-order valence-electron chi connectivity index (χ3n) is 3.96. The van der Waals surface area contributed by atoms with Gasteiger partial charge in [0.15, 0.2) is 5.43 Å². The molecule has 0 saturated heterocycles. The molecule has 0 radical (unpaired) electrons. The number of pyridine rings is 1. The fraction of sp³-hybridized carbons (Fsp3) is 0.200. The van der Waals surface area contributed by atoms with Crippen LogP contribution in [-0.4, -0.2) is 16.6 Å². The van der Waals surface area contributed by atoms with Crippen molar-refractivity contribution >= 4 is 34.3 Å². The lowest BCUT2D eigenvalue weighted by Crippen LogP contribution is -2.15. The van der Waals surface area contributed by atoms with E-state index in [-0.39, 0.29) is 11.3 Å². The molecule has 0 bridgehead atoms. The number of thioether (sulfide) groups is 1. The SMILES string of the molecule is CCc1ccccc1NC(=O)CSCc1cc(=O)c2ccccc2[nH]1. The molecule has 128 valence electrons. The first-order valence-electron chi connectivity index (χ1n) is 8.24. The van der Waals surface area contributed by atoms with Crippen molar-refractivity contribution in [1.82, 2.24) is 4.98 Å². The average Bonchev–Trinajstić information content (AvgIpc) is 2.62. The Bertz CT molecular complexity index is 950. The van der Waals surface area contributed by atoms with E-state index < -0.39 is 0 Å². The van der Waals surface area contributed by atoms with Crippen LogP contribution >= 0.6 is 11.8 Å². The first kappa shape index (κ1) is 17.3. The number of carbonyl (C=O) groups excluding carboxylic acids is 1. The first-order valence-corrected chi connectivity index (χ1v) is 9.39. The highest BCUT2D eigenvalue weighted by atomic mass is 32.2. The number of aromatic amines is 1. The van der Waals surface area contributed by atoms with Gasteiger partial charge in [-0.2, -0.15) is 0 Å². The van der Waals surface area contributed by atoms with Gasteiger partial charge in [-0.15, -0.1) is 11.8 Å². The molecule has 1 aromatic heterocycles. The fourth-order valence-electron chi connectivity index (χ4n) is 2.72. The van der Waals surface area contributed by atoms with Crippen molar-refractivity contribution in [2.75, 3.05) is 11.1 Å². The second-order valence-electron chi connectivity index (χ2n) is 5.76. The highest BCUT2D eigenvalue weighted by Crippen LogP contribution is 2.17. The summed E-state index contributed by atoms with van der Waals surface area (Å²) in [5.74, 6) is 0.893. The predicted molar refractivity (Wildman–Crippen MR) is 105 cm³/mol. The Morgan fingerprint density at radius 3 is 2.72 bits per heavy atom. The molecule has 1 heterocycles. The van der Waals surface area contributed by atoms with E-state index in [0.717, 1.165) is 28.9 Å². The maximum absolute atomic E-state index is 12.1. The van der Waals surface area contributed by atoms with Crippen molar-refractivity contribution in [3.8, 4) is 0 Å². The molecule has 0 aliphatic carbocycles. The molecule has 0 unspecified atom stereocenters. The van der Waals surface area contributed by atoms with Crippen molar-refractivity contribution in [3.05, 3.63) is 76.1 Å². The van der Waals surface area contributed by atoms with Crippen LogP contribution in [-0.2, 0) is 17.0 Å². The van der Waals surface area contributed by atoms with Crippen LogP contribution in [0.2, 0.25) is 0 Å². The number of hydrogen-bond acceptors (Lipinski definition) is 3. The highest BCUT2D eigenvalue weighted by molar-refractivity contribution is 7.99. The molecule has 5 heteroatoms. The fourth-order valence-corrected chi connectivity index (χ4v) is 3.46. The summed E-state index contributed by atoms with van der Waals surface area (Å²) in [6.45, 7) is 2.07. The van der Waals surface area contributed by atoms with Crippen molar-refractivity contribution in [1.29, 1.82) is 0 Å². The van der Waals surface area contributed by atoms with Gasteiger partial charge in [-0.1, -0.05) is 37.3 Å². The zero-order chi connectivity index (χ0) is 17.6. The number of benzene rings is 2. The molecule has 0 spiro atoms. The molecule has 3 rings (SSSR count). The lowest BCUT2D eigenvalue weighted by molar-refractivity contribution is -0.113. The van der Waals surface area contributed by atoms with Crippen LogP contribution in [0.3, 0.4) is 0 Å². The third-order valence-corrected chi connectivity index (χ3v) is 4.94. The number of amides is 1. The number of para-hydroxylation sites is 2. The summed E-state index contributed by atoms with van der Waals surface area (Å²) >= 11 is 1.48. The van der Waals surface area contributed by atoms with E-state index in [1.807, 2.05) is 48.5 Å². The molecule has 0 atom stereocenters. The van der Waals surface area contributed by atoms with Crippen LogP contribution in [0.15, 0.2) is 59.4 Å². The van der Waals surface area contributed by atoms with Crippen LogP contribution in [0.5, 0.6) is 0 Å². The van der Waals surface area contributed by atoms with Gasteiger partial charge in [0.25, 0.3) is 0 Å². The molecule has 4 nitrogen and oxygen atoms in total. The Morgan fingerprint density at radius 2 is 1.88 bits per heavy atom. The number of anilines is 1. The number of nitrogens with one attached hydrogen (secondary N) is 2. The van der Waals surface area contributed by atoms with Gasteiger partial charge in [0.05, 0.1) is 5.75 Å². The Hall–Kier alpha value is -2.53. The topological polar surface area (TPSA) is 62.0 Å². The van der Waals surface area contributed by atoms with E-state index in [1.165, 1.54) is 11.8 Å². The first-order chi connectivity index (χ1) is 12.2. The maximum atomic E-state index is 12.1. The van der Waals surface area contributed by atoms with Crippen molar-refractivity contribution < 1.29 is 4.79 Å². The molecule has 0 aliphatic rings. The van der Waals surface area contributed by atoms with E-state index in [0.29, 0.717) is 16.9 Å². The Morgan fingerprint density at radius 1 is 1.12 bits per heavy atom. The molecular formula is C20H20N2O2S. The van der Waals surface area contributed by atoms with Gasteiger partial charge in [-0.3, -0.25) is 9.59 Å². The Labute approximate surface area is 150 Å². The summed E-state index contributed by atoms with van der Waals surface area (Å²) in [5, 5.41) is 3.64. The van der Waals surface area contributed by atoms with Crippen molar-refractivity contribution in [2.45, 2.75) is 19.1 Å². The summed E-state index contributed by atoms with van der Waals surface area (Å²) in [5.41, 5.74) is 3.66. The Kier molecular flexibility index (Phi) is 5.56. The summed E-state index contributed by atoms with van der Waals surface area (Å²) in [4.78, 5) is 27.5. The summed E-state index contributed by atoms with van der Waals surface area (Å²) in [6, 6.07) is 16.9. The third kappa shape index (κ3) is 4.31. The number of hydrogen-bond donors (Lipinski definition) is 2. The number of fused-ring (bicyclic) bond motifs is 1. The average molecular weight is 352 g/mol. The maximum Gasteiger partial charge on any atom is 0.234 e. The van der Waals surface area contributed by atoms with Gasteiger partial charge >= 0.3 is 0 Å². The quantitative estimate of drug-likeness (QED) is 0.706. The standard InChI is InChI=1S/C20H20N2O2S/c1-2-14-7-3-5-9-17(14)22-20(24)13-25-12-15-11-19(23)16-8-4-6-10-18(16)21-15/h3-11H,2,12-13H2,1H3,(H,21,23)(H,22,24). The van der Waals surface area contributed by atoms with Crippen LogP contribution < -0.4 is 10.7 Å². The van der Waals surface area contributed by atoms with Gasteiger partial charge in [0, 0.05) is 34.1 Å². The van der Waals surface area contributed by atoms with Gasteiger partial charge in [0.1, 0.15) is 0 Å². The summed E-state index contributed by atoms with van der Waals surface area (Å²) in [7, 11) is 0. The van der Waals surface area contributed by atoms with Gasteiger partial charge in [-0.25, -0.2) is 0 Å². The molecule has 0 fully saturated rings. The Balaban J connectivity index is 1.59. The number of H-pyrrole nitrogens is 1. The molecule has 2 N–H and O–H groups in total. The molecular weight excluding hydrogens is 332 g/mol. The van der Waals surface area contributed by atoms with Gasteiger partial charge in [-0.05, 0) is 30.2 Å². The van der Waals surface area contributed by atoms with E-state index in [2.05, 4.69) is 17.2 Å². The molecule has 1 amide bonds. The van der Waals surface area contributed by atoms with E-state index in [4.69, 9.17) is 0 Å². The second-order valence-corrected chi connectivity index (χ2v) is 6.74. The highest BCUT2D eigenvalue weighted by Gasteiger charge is 2.07. The minimum absolute atomic E-state index is 0.00581. The van der Waals surface area contributed by atoms with Crippen LogP contribution in [0, 0.1) is 0 Å². The van der Waals surface area contributed by atoms with Gasteiger partial charge < -0.3 is 10.3 Å². The lowest BCUT2D eigenvalue weighted by Gasteiger charge is -2.09. The van der Waals surface area contributed by atoms with Gasteiger partial charge in [0.2, 0.25) is 5.91 Å². The molecule has 0 aliphatic heterocycles. The van der Waals surface area contributed by atoms with E-state index in [1.54, 1.807) is 6.07 Å². The lowest BCUT2D eigenvalue weighted by atomic mass is 10.1. The zero-order valence-corrected chi connectivity index (χ0v) is 14.9. The number of aryl methyl sites for hydroxylation is 1. The van der Waals surface area contributed by atoms with Crippen LogP contribution in [0.1, 0.15) is 18.2 Å². The van der Waals surface area contributed by atoms with Crippen LogP contribution in [0.4, 0.5) is 5.69 Å².